The molecule has 1 aliphatic heterocycles. The van der Waals surface area contributed by atoms with Crippen molar-refractivity contribution in [2.45, 2.75) is 39.8 Å². The molecule has 0 saturated carbocycles. The van der Waals surface area contributed by atoms with Crippen molar-refractivity contribution < 1.29 is 19.5 Å². The van der Waals surface area contributed by atoms with Crippen molar-refractivity contribution in [2.75, 3.05) is 18.5 Å². The van der Waals surface area contributed by atoms with Crippen LogP contribution in [0.5, 0.6) is 0 Å². The zero-order valence-electron chi connectivity index (χ0n) is 23.9. The van der Waals surface area contributed by atoms with E-state index in [0.29, 0.717) is 30.8 Å². The van der Waals surface area contributed by atoms with E-state index in [2.05, 4.69) is 27.7 Å². The maximum absolute atomic E-state index is 14.2. The summed E-state index contributed by atoms with van der Waals surface area (Å²) in [6, 6.07) is 22.7. The van der Waals surface area contributed by atoms with Gasteiger partial charge in [-0.05, 0) is 42.0 Å². The number of hydrogen-bond acceptors (Lipinski definition) is 7. The van der Waals surface area contributed by atoms with E-state index in [1.54, 1.807) is 4.90 Å². The molecule has 42 heavy (non-hydrogen) atoms. The Hall–Kier alpha value is -4.99. The van der Waals surface area contributed by atoms with Gasteiger partial charge in [-0.15, -0.1) is 5.10 Å². The van der Waals surface area contributed by atoms with Gasteiger partial charge in [-0.25, -0.2) is 9.48 Å². The van der Waals surface area contributed by atoms with E-state index in [0.717, 1.165) is 45.7 Å². The van der Waals surface area contributed by atoms with Crippen LogP contribution in [0.2, 0.25) is 0 Å². The second-order valence-electron chi connectivity index (χ2n) is 10.4. The maximum atomic E-state index is 14.2. The number of alkyl carbamates (subject to hydrolysis) is 1. The lowest BCUT2D eigenvalue weighted by Gasteiger charge is -2.30. The van der Waals surface area contributed by atoms with E-state index >= 15 is 0 Å². The minimum atomic E-state index is -0.504. The first-order chi connectivity index (χ1) is 20.4. The first kappa shape index (κ1) is 28.5. The number of nitrogens with zero attached hydrogens (tertiary/aromatic N) is 5. The second-order valence-corrected chi connectivity index (χ2v) is 10.4. The summed E-state index contributed by atoms with van der Waals surface area (Å²) in [5, 5.41) is 24.9. The minimum Gasteiger partial charge on any atom is -0.445 e. The van der Waals surface area contributed by atoms with Crippen LogP contribution >= 0.6 is 0 Å². The number of carbonyl (C=O) groups is 2. The molecule has 0 aliphatic carbocycles. The number of anilines is 1. The lowest BCUT2D eigenvalue weighted by atomic mass is 9.93. The minimum absolute atomic E-state index is 0.0639. The number of hydrogen-bond donors (Lipinski definition) is 2. The topological polar surface area (TPSA) is 122 Å². The summed E-state index contributed by atoms with van der Waals surface area (Å²) in [4.78, 5) is 27.4. The van der Waals surface area contributed by atoms with E-state index in [1.165, 1.54) is 7.05 Å². The molecule has 0 radical (unpaired) electrons. The third-order valence-electron chi connectivity index (χ3n) is 7.30. The van der Waals surface area contributed by atoms with Gasteiger partial charge < -0.3 is 20.2 Å². The number of aromatic nitrogens is 3. The lowest BCUT2D eigenvalue weighted by molar-refractivity contribution is 0.0984. The van der Waals surface area contributed by atoms with Crippen molar-refractivity contribution in [2.24, 2.45) is 11.1 Å². The Bertz CT molecular complexity index is 1610. The Balaban J connectivity index is 1.44. The van der Waals surface area contributed by atoms with Crippen LogP contribution in [0.25, 0.3) is 22.5 Å². The van der Waals surface area contributed by atoms with Gasteiger partial charge in [0.25, 0.3) is 5.91 Å². The molecule has 1 unspecified atom stereocenters. The first-order valence-corrected chi connectivity index (χ1v) is 14.0. The van der Waals surface area contributed by atoms with Crippen molar-refractivity contribution in [1.82, 2.24) is 20.3 Å². The summed E-state index contributed by atoms with van der Waals surface area (Å²) >= 11 is 0. The van der Waals surface area contributed by atoms with Gasteiger partial charge in [0, 0.05) is 36.8 Å². The Labute approximate surface area is 244 Å². The summed E-state index contributed by atoms with van der Waals surface area (Å²) in [7, 11) is 1.50. The Morgan fingerprint density at radius 3 is 2.40 bits per heavy atom. The first-order valence-electron chi connectivity index (χ1n) is 14.0. The highest BCUT2D eigenvalue weighted by Gasteiger charge is 2.32. The maximum Gasteiger partial charge on any atom is 0.407 e. The van der Waals surface area contributed by atoms with Crippen LogP contribution in [0.4, 0.5) is 10.5 Å². The van der Waals surface area contributed by atoms with E-state index in [-0.39, 0.29) is 18.4 Å². The molecule has 2 N–H and O–H groups in total. The molecule has 0 fully saturated rings. The largest absolute Gasteiger partial charge is 0.445 e. The number of carbonyl (C=O) groups excluding carboxylic acids is 2. The number of benzene rings is 3. The number of rotatable bonds is 9. The highest BCUT2D eigenvalue weighted by atomic mass is 16.5. The molecule has 1 aromatic heterocycles. The Kier molecular flexibility index (Phi) is 8.61. The number of fused-ring (bicyclic) bond motifs is 5. The van der Waals surface area contributed by atoms with Crippen LogP contribution in [0, 0.1) is 5.92 Å². The highest BCUT2D eigenvalue weighted by Crippen LogP contribution is 2.41. The van der Waals surface area contributed by atoms with Crippen molar-refractivity contribution >= 4 is 23.4 Å². The molecule has 0 spiro atoms. The monoisotopic (exact) mass is 566 g/mol. The number of amides is 2. The molecule has 216 valence electrons. The van der Waals surface area contributed by atoms with E-state index in [9.17, 15) is 14.8 Å². The van der Waals surface area contributed by atoms with Crippen molar-refractivity contribution in [3.8, 4) is 22.5 Å². The summed E-state index contributed by atoms with van der Waals surface area (Å²) in [5.74, 6) is -0.172. The van der Waals surface area contributed by atoms with Crippen LogP contribution in [-0.4, -0.2) is 51.5 Å². The number of oxime groups is 1. The van der Waals surface area contributed by atoms with Gasteiger partial charge in [-0.2, -0.15) is 0 Å². The molecule has 4 aromatic rings. The number of aryl methyl sites for hydroxylation is 1. The third kappa shape index (κ3) is 5.74. The molecular weight excluding hydrogens is 532 g/mol. The molecule has 1 aliphatic rings. The summed E-state index contributed by atoms with van der Waals surface area (Å²) in [6.07, 6.45) is 0.810. The molecule has 3 aromatic carbocycles. The van der Waals surface area contributed by atoms with Gasteiger partial charge in [0.1, 0.15) is 12.3 Å². The molecule has 2 heterocycles. The van der Waals surface area contributed by atoms with Crippen molar-refractivity contribution in [1.29, 1.82) is 0 Å². The molecule has 5 rings (SSSR count). The fourth-order valence-corrected chi connectivity index (χ4v) is 5.29. The number of para-hydroxylation sites is 1. The van der Waals surface area contributed by atoms with Crippen molar-refractivity contribution in [3.63, 3.8) is 0 Å². The number of nitrogens with one attached hydrogen (secondary N) is 1. The number of ether oxygens (including phenoxy) is 1. The quantitative estimate of drug-likeness (QED) is 0.151. The zero-order valence-corrected chi connectivity index (χ0v) is 23.9. The van der Waals surface area contributed by atoms with Crippen molar-refractivity contribution in [3.05, 3.63) is 89.5 Å². The van der Waals surface area contributed by atoms with Gasteiger partial charge in [0.15, 0.2) is 0 Å². The highest BCUT2D eigenvalue weighted by molar-refractivity contribution is 6.14. The van der Waals surface area contributed by atoms with Crippen LogP contribution in [-0.2, 0) is 17.9 Å². The molecule has 10 heteroatoms. The average molecular weight is 567 g/mol. The smallest absolute Gasteiger partial charge is 0.407 e. The Morgan fingerprint density at radius 2 is 1.71 bits per heavy atom. The van der Waals surface area contributed by atoms with Gasteiger partial charge in [-0.3, -0.25) is 4.79 Å². The molecule has 2 amide bonds. The van der Waals surface area contributed by atoms with E-state index in [1.807, 2.05) is 84.4 Å². The van der Waals surface area contributed by atoms with Crippen LogP contribution in [0.15, 0.2) is 78.0 Å². The van der Waals surface area contributed by atoms with Gasteiger partial charge in [-0.1, -0.05) is 84.9 Å². The molecule has 0 bridgehead atoms. The molecule has 0 saturated heterocycles. The van der Waals surface area contributed by atoms with Gasteiger partial charge in [0.05, 0.1) is 17.1 Å². The standard InChI is InChI=1S/C32H34N6O4/c1-4-17-38-30-24-9-5-6-10-25(24)31(39)37(28-12-8-7-11-26(28)29(30)34-36-38)19-21(2)18-27(35-41)23-15-13-22(14-16-23)20-42-32(40)33-3/h5-16,21,41H,4,17-20H2,1-3H3,(H,33,40)/b35-27+. The van der Waals surface area contributed by atoms with Gasteiger partial charge >= 0.3 is 6.09 Å². The van der Waals surface area contributed by atoms with Crippen LogP contribution < -0.4 is 10.2 Å². The second kappa shape index (κ2) is 12.7. The molecular formula is C32H34N6O4. The summed E-state index contributed by atoms with van der Waals surface area (Å²) < 4.78 is 6.98. The zero-order chi connectivity index (χ0) is 29.6. The lowest BCUT2D eigenvalue weighted by Crippen LogP contribution is -2.36. The Morgan fingerprint density at radius 1 is 1.02 bits per heavy atom. The van der Waals surface area contributed by atoms with Crippen LogP contribution in [0.3, 0.4) is 0 Å². The van der Waals surface area contributed by atoms with E-state index in [4.69, 9.17) is 4.74 Å². The fraction of sp³-hybridized carbons (Fsp3) is 0.281. The van der Waals surface area contributed by atoms with E-state index < -0.39 is 6.09 Å². The normalized spacial score (nSPS) is 13.4. The van der Waals surface area contributed by atoms with Gasteiger partial charge in [0.2, 0.25) is 0 Å². The SMILES string of the molecule is CCCn1nnc2c1-c1ccccc1C(=O)N(CC(C)C/C(=N\O)c1ccc(COC(=O)NC)cc1)c1ccccc1-2. The predicted octanol–water partition coefficient (Wildman–Crippen LogP) is 5.74. The summed E-state index contributed by atoms with van der Waals surface area (Å²) in [6.45, 7) is 5.33. The fourth-order valence-electron chi connectivity index (χ4n) is 5.29. The predicted molar refractivity (Wildman–Crippen MR) is 161 cm³/mol. The summed E-state index contributed by atoms with van der Waals surface area (Å²) in [5.41, 5.74) is 6.65. The molecule has 10 nitrogen and oxygen atoms in total. The van der Waals surface area contributed by atoms with Crippen LogP contribution in [0.1, 0.15) is 48.2 Å². The average Bonchev–Trinajstić information content (AvgIpc) is 3.44. The molecule has 1 atom stereocenters. The third-order valence-corrected chi connectivity index (χ3v) is 7.30.